The summed E-state index contributed by atoms with van der Waals surface area (Å²) in [6.07, 6.45) is 8.91. The van der Waals surface area contributed by atoms with Crippen LogP contribution < -0.4 is 10.6 Å². The SMILES string of the molecule is CN(Cc1cccc(-c2cnc(N3CCC(N4CCCC4)CC3)nc2)c1)C(=O)CN. The number of nitrogens with two attached hydrogens (primary N) is 1. The Labute approximate surface area is 178 Å². The molecule has 2 aliphatic rings. The lowest BCUT2D eigenvalue weighted by atomic mass is 10.0. The summed E-state index contributed by atoms with van der Waals surface area (Å²) in [6.45, 7) is 5.15. The molecule has 2 N–H and O–H groups in total. The average Bonchev–Trinajstić information content (AvgIpc) is 3.34. The molecule has 0 atom stereocenters. The number of carbonyl (C=O) groups excluding carboxylic acids is 1. The third kappa shape index (κ3) is 4.79. The molecule has 2 aliphatic heterocycles. The maximum absolute atomic E-state index is 11.7. The maximum Gasteiger partial charge on any atom is 0.236 e. The fourth-order valence-electron chi connectivity index (χ4n) is 4.54. The van der Waals surface area contributed by atoms with E-state index in [9.17, 15) is 4.79 Å². The normalized spacial score (nSPS) is 18.0. The quantitative estimate of drug-likeness (QED) is 0.789. The highest BCUT2D eigenvalue weighted by Crippen LogP contribution is 2.25. The Morgan fingerprint density at radius 2 is 1.80 bits per heavy atom. The molecule has 4 rings (SSSR count). The van der Waals surface area contributed by atoms with Crippen LogP contribution in [0.15, 0.2) is 36.7 Å². The summed E-state index contributed by atoms with van der Waals surface area (Å²) in [6, 6.07) is 8.88. The summed E-state index contributed by atoms with van der Waals surface area (Å²) in [5.74, 6) is 0.754. The number of hydrogen-bond acceptors (Lipinski definition) is 6. The van der Waals surface area contributed by atoms with Crippen LogP contribution in [0, 0.1) is 0 Å². The summed E-state index contributed by atoms with van der Waals surface area (Å²) in [5.41, 5.74) is 8.55. The summed E-state index contributed by atoms with van der Waals surface area (Å²) in [4.78, 5) is 27.6. The van der Waals surface area contributed by atoms with Gasteiger partial charge in [0.05, 0.1) is 6.54 Å². The molecule has 0 unspecified atom stereocenters. The molecule has 1 aromatic carbocycles. The van der Waals surface area contributed by atoms with E-state index in [2.05, 4.69) is 25.8 Å². The van der Waals surface area contributed by atoms with Crippen LogP contribution in [0.25, 0.3) is 11.1 Å². The Bertz CT molecular complexity index is 841. The van der Waals surface area contributed by atoms with Crippen molar-refractivity contribution in [2.45, 2.75) is 38.3 Å². The van der Waals surface area contributed by atoms with Crippen LogP contribution in [0.2, 0.25) is 0 Å². The number of likely N-dealkylation sites (tertiary alicyclic amines) is 1. The van der Waals surface area contributed by atoms with Crippen molar-refractivity contribution >= 4 is 11.9 Å². The second-order valence-corrected chi connectivity index (χ2v) is 8.39. The number of piperidine rings is 1. The molecule has 2 aromatic rings. The van der Waals surface area contributed by atoms with E-state index in [1.54, 1.807) is 11.9 Å². The second kappa shape index (κ2) is 9.53. The monoisotopic (exact) mass is 408 g/mol. The van der Waals surface area contributed by atoms with E-state index < -0.39 is 0 Å². The van der Waals surface area contributed by atoms with Crippen molar-refractivity contribution in [3.8, 4) is 11.1 Å². The van der Waals surface area contributed by atoms with Gasteiger partial charge in [-0.15, -0.1) is 0 Å². The lowest BCUT2D eigenvalue weighted by Gasteiger charge is -2.36. The Kier molecular flexibility index (Phi) is 6.59. The molecule has 7 nitrogen and oxygen atoms in total. The van der Waals surface area contributed by atoms with Crippen LogP contribution in [0.1, 0.15) is 31.2 Å². The highest BCUT2D eigenvalue weighted by Gasteiger charge is 2.27. The summed E-state index contributed by atoms with van der Waals surface area (Å²) >= 11 is 0. The number of likely N-dealkylation sites (N-methyl/N-ethyl adjacent to an activating group) is 1. The van der Waals surface area contributed by atoms with Crippen molar-refractivity contribution in [2.75, 3.05) is 44.7 Å². The van der Waals surface area contributed by atoms with E-state index >= 15 is 0 Å². The number of aromatic nitrogens is 2. The van der Waals surface area contributed by atoms with Crippen molar-refractivity contribution in [3.63, 3.8) is 0 Å². The van der Waals surface area contributed by atoms with Gasteiger partial charge in [-0.05, 0) is 56.0 Å². The van der Waals surface area contributed by atoms with Gasteiger partial charge in [0.1, 0.15) is 0 Å². The minimum Gasteiger partial charge on any atom is -0.341 e. The first kappa shape index (κ1) is 20.8. The van der Waals surface area contributed by atoms with Gasteiger partial charge in [-0.1, -0.05) is 18.2 Å². The molecule has 30 heavy (non-hydrogen) atoms. The van der Waals surface area contributed by atoms with E-state index in [1.165, 1.54) is 38.8 Å². The van der Waals surface area contributed by atoms with E-state index in [0.717, 1.165) is 41.8 Å². The first-order valence-electron chi connectivity index (χ1n) is 11.0. The molecule has 0 saturated carbocycles. The van der Waals surface area contributed by atoms with Gasteiger partial charge in [-0.3, -0.25) is 4.79 Å². The van der Waals surface area contributed by atoms with Crippen molar-refractivity contribution in [1.29, 1.82) is 0 Å². The Morgan fingerprint density at radius 1 is 1.10 bits per heavy atom. The van der Waals surface area contributed by atoms with Gasteiger partial charge < -0.3 is 20.4 Å². The lowest BCUT2D eigenvalue weighted by Crippen LogP contribution is -2.44. The van der Waals surface area contributed by atoms with E-state index in [1.807, 2.05) is 30.6 Å². The molecule has 7 heteroatoms. The van der Waals surface area contributed by atoms with Crippen LogP contribution in [0.3, 0.4) is 0 Å². The number of hydrogen-bond donors (Lipinski definition) is 1. The Hall–Kier alpha value is -2.51. The third-order valence-corrected chi connectivity index (χ3v) is 6.32. The molecule has 2 saturated heterocycles. The third-order valence-electron chi connectivity index (χ3n) is 6.32. The van der Waals surface area contributed by atoms with Crippen LogP contribution in [-0.4, -0.2) is 71.5 Å². The maximum atomic E-state index is 11.7. The largest absolute Gasteiger partial charge is 0.341 e. The second-order valence-electron chi connectivity index (χ2n) is 8.39. The van der Waals surface area contributed by atoms with Crippen LogP contribution in [-0.2, 0) is 11.3 Å². The number of amides is 1. The first-order chi connectivity index (χ1) is 14.6. The summed E-state index contributed by atoms with van der Waals surface area (Å²) < 4.78 is 0. The number of benzene rings is 1. The highest BCUT2D eigenvalue weighted by molar-refractivity contribution is 5.77. The molecule has 1 amide bonds. The molecular formula is C23H32N6O. The molecule has 3 heterocycles. The number of rotatable bonds is 6. The van der Waals surface area contributed by atoms with Crippen molar-refractivity contribution in [2.24, 2.45) is 5.73 Å². The predicted octanol–water partition coefficient (Wildman–Crippen LogP) is 2.13. The van der Waals surface area contributed by atoms with Crippen LogP contribution >= 0.6 is 0 Å². The zero-order chi connectivity index (χ0) is 20.9. The molecule has 0 spiro atoms. The minimum absolute atomic E-state index is 0.0285. The zero-order valence-corrected chi connectivity index (χ0v) is 17.8. The van der Waals surface area contributed by atoms with Crippen molar-refractivity contribution in [3.05, 3.63) is 42.2 Å². The van der Waals surface area contributed by atoms with Gasteiger partial charge >= 0.3 is 0 Å². The molecule has 0 aliphatic carbocycles. The fourth-order valence-corrected chi connectivity index (χ4v) is 4.54. The number of carbonyl (C=O) groups is 1. The smallest absolute Gasteiger partial charge is 0.236 e. The standard InChI is InChI=1S/C23H32N6O/c1-27(22(30)14-24)17-18-5-4-6-19(13-18)20-15-25-23(26-16-20)29-11-7-21(8-12-29)28-9-2-3-10-28/h4-6,13,15-16,21H,2-3,7-12,14,17,24H2,1H3. The van der Waals surface area contributed by atoms with E-state index in [4.69, 9.17) is 5.73 Å². The molecule has 160 valence electrons. The first-order valence-corrected chi connectivity index (χ1v) is 11.0. The Balaban J connectivity index is 1.38. The number of nitrogens with zero attached hydrogens (tertiary/aromatic N) is 5. The van der Waals surface area contributed by atoms with Gasteiger partial charge in [-0.25, -0.2) is 9.97 Å². The van der Waals surface area contributed by atoms with Gasteiger partial charge in [0.2, 0.25) is 11.9 Å². The molecular weight excluding hydrogens is 376 g/mol. The highest BCUT2D eigenvalue weighted by atomic mass is 16.2. The fraction of sp³-hybridized carbons (Fsp3) is 0.522. The van der Waals surface area contributed by atoms with Gasteiger partial charge in [0, 0.05) is 50.7 Å². The van der Waals surface area contributed by atoms with E-state index in [0.29, 0.717) is 6.54 Å². The molecule has 1 aromatic heterocycles. The van der Waals surface area contributed by atoms with Crippen LogP contribution in [0.4, 0.5) is 5.95 Å². The predicted molar refractivity (Wildman–Crippen MR) is 119 cm³/mol. The zero-order valence-electron chi connectivity index (χ0n) is 17.8. The summed E-state index contributed by atoms with van der Waals surface area (Å²) in [7, 11) is 1.77. The molecule has 0 bridgehead atoms. The van der Waals surface area contributed by atoms with Gasteiger partial charge in [0.25, 0.3) is 0 Å². The van der Waals surface area contributed by atoms with E-state index in [-0.39, 0.29) is 12.5 Å². The Morgan fingerprint density at radius 3 is 2.47 bits per heavy atom. The minimum atomic E-state index is -0.0680. The van der Waals surface area contributed by atoms with Crippen molar-refractivity contribution in [1.82, 2.24) is 19.8 Å². The van der Waals surface area contributed by atoms with Crippen LogP contribution in [0.5, 0.6) is 0 Å². The summed E-state index contributed by atoms with van der Waals surface area (Å²) in [5, 5.41) is 0. The number of anilines is 1. The average molecular weight is 409 g/mol. The topological polar surface area (TPSA) is 78.6 Å². The lowest BCUT2D eigenvalue weighted by molar-refractivity contribution is -0.128. The van der Waals surface area contributed by atoms with Gasteiger partial charge in [0.15, 0.2) is 0 Å². The van der Waals surface area contributed by atoms with Gasteiger partial charge in [-0.2, -0.15) is 0 Å². The van der Waals surface area contributed by atoms with Crippen molar-refractivity contribution < 1.29 is 4.79 Å². The molecule has 2 fully saturated rings. The molecule has 0 radical (unpaired) electrons.